The number of esters is 1. The van der Waals surface area contributed by atoms with Crippen LogP contribution in [0, 0.1) is 13.8 Å². The van der Waals surface area contributed by atoms with E-state index in [9.17, 15) is 14.4 Å². The van der Waals surface area contributed by atoms with Crippen LogP contribution in [0.1, 0.15) is 46.8 Å². The summed E-state index contributed by atoms with van der Waals surface area (Å²) in [5, 5.41) is 2.69. The number of carbonyl (C=O) groups is 3. The second kappa shape index (κ2) is 9.67. The molecular formula is C22H25NO4. The molecule has 2 rings (SSSR count). The average molecular weight is 367 g/mol. The van der Waals surface area contributed by atoms with E-state index in [1.54, 1.807) is 6.07 Å². The van der Waals surface area contributed by atoms with Gasteiger partial charge in [0.2, 0.25) is 0 Å². The molecule has 0 radical (unpaired) electrons. The highest BCUT2D eigenvalue weighted by Crippen LogP contribution is 2.14. The summed E-state index contributed by atoms with van der Waals surface area (Å²) < 4.78 is 4.97. The lowest BCUT2D eigenvalue weighted by molar-refractivity contribution is -0.147. The first kappa shape index (κ1) is 20.4. The molecule has 0 saturated carbocycles. The van der Waals surface area contributed by atoms with Crippen molar-refractivity contribution in [2.24, 2.45) is 0 Å². The summed E-state index contributed by atoms with van der Waals surface area (Å²) in [5.74, 6) is -1.07. The summed E-state index contributed by atoms with van der Waals surface area (Å²) in [7, 11) is 0. The minimum absolute atomic E-state index is 0.0508. The molecule has 0 heterocycles. The van der Waals surface area contributed by atoms with Crippen molar-refractivity contribution >= 4 is 23.3 Å². The van der Waals surface area contributed by atoms with Crippen LogP contribution in [0.4, 0.5) is 5.69 Å². The number of rotatable bonds is 8. The van der Waals surface area contributed by atoms with E-state index in [4.69, 9.17) is 4.74 Å². The van der Waals surface area contributed by atoms with Crippen LogP contribution in [0.2, 0.25) is 0 Å². The molecular weight excluding hydrogens is 342 g/mol. The van der Waals surface area contributed by atoms with Crippen molar-refractivity contribution in [3.8, 4) is 0 Å². The summed E-state index contributed by atoms with van der Waals surface area (Å²) in [6.45, 7) is 5.44. The molecule has 0 spiro atoms. The second-order valence-electron chi connectivity index (χ2n) is 6.50. The molecule has 1 amide bonds. The number of anilines is 1. The standard InChI is InChI=1S/C22H25NO4/c1-4-17-6-5-7-18(13-17)23-21(25)14-27-22(26)11-10-20(24)19-12-15(2)8-9-16(19)3/h5-9,12-13H,4,10-11,14H2,1-3H3,(H,23,25). The van der Waals surface area contributed by atoms with E-state index >= 15 is 0 Å². The summed E-state index contributed by atoms with van der Waals surface area (Å²) in [6.07, 6.45) is 0.876. The maximum atomic E-state index is 12.3. The Labute approximate surface area is 159 Å². The van der Waals surface area contributed by atoms with Gasteiger partial charge in [0.05, 0.1) is 6.42 Å². The van der Waals surface area contributed by atoms with Gasteiger partial charge in [-0.1, -0.05) is 36.8 Å². The molecule has 5 nitrogen and oxygen atoms in total. The summed E-state index contributed by atoms with van der Waals surface area (Å²) >= 11 is 0. The third-order valence-electron chi connectivity index (χ3n) is 4.23. The second-order valence-corrected chi connectivity index (χ2v) is 6.50. The predicted octanol–water partition coefficient (Wildman–Crippen LogP) is 4.01. The van der Waals surface area contributed by atoms with Gasteiger partial charge in [0.1, 0.15) is 0 Å². The zero-order valence-electron chi connectivity index (χ0n) is 16.0. The van der Waals surface area contributed by atoms with Crippen LogP contribution >= 0.6 is 0 Å². The van der Waals surface area contributed by atoms with Crippen molar-refractivity contribution < 1.29 is 19.1 Å². The highest BCUT2D eigenvalue weighted by Gasteiger charge is 2.14. The fraction of sp³-hybridized carbons (Fsp3) is 0.318. The first-order valence-corrected chi connectivity index (χ1v) is 9.04. The van der Waals surface area contributed by atoms with Crippen LogP contribution in [0.25, 0.3) is 0 Å². The van der Waals surface area contributed by atoms with E-state index in [-0.39, 0.29) is 25.2 Å². The van der Waals surface area contributed by atoms with Crippen molar-refractivity contribution in [1.29, 1.82) is 0 Å². The number of benzene rings is 2. The number of carbonyl (C=O) groups excluding carboxylic acids is 3. The Morgan fingerprint density at radius 1 is 1.00 bits per heavy atom. The van der Waals surface area contributed by atoms with E-state index < -0.39 is 11.9 Å². The van der Waals surface area contributed by atoms with E-state index in [0.717, 1.165) is 23.1 Å². The lowest BCUT2D eigenvalue weighted by atomic mass is 9.99. The van der Waals surface area contributed by atoms with Crippen molar-refractivity contribution in [3.63, 3.8) is 0 Å². The Balaban J connectivity index is 1.77. The van der Waals surface area contributed by atoms with Gasteiger partial charge >= 0.3 is 5.97 Å². The van der Waals surface area contributed by atoms with E-state index in [1.807, 2.05) is 57.2 Å². The highest BCUT2D eigenvalue weighted by molar-refractivity contribution is 5.99. The molecule has 2 aromatic carbocycles. The topological polar surface area (TPSA) is 72.5 Å². The maximum absolute atomic E-state index is 12.3. The van der Waals surface area contributed by atoms with Gasteiger partial charge in [-0.15, -0.1) is 0 Å². The normalized spacial score (nSPS) is 10.3. The van der Waals surface area contributed by atoms with Gasteiger partial charge < -0.3 is 10.1 Å². The number of hydrogen-bond donors (Lipinski definition) is 1. The quantitative estimate of drug-likeness (QED) is 0.565. The van der Waals surface area contributed by atoms with Crippen LogP contribution in [-0.4, -0.2) is 24.3 Å². The molecule has 0 saturated heterocycles. The molecule has 27 heavy (non-hydrogen) atoms. The molecule has 0 aliphatic rings. The van der Waals surface area contributed by atoms with Crippen LogP contribution < -0.4 is 5.32 Å². The highest BCUT2D eigenvalue weighted by atomic mass is 16.5. The number of ether oxygens (including phenoxy) is 1. The molecule has 0 bridgehead atoms. The van der Waals surface area contributed by atoms with Crippen molar-refractivity contribution in [2.75, 3.05) is 11.9 Å². The van der Waals surface area contributed by atoms with Gasteiger partial charge in [-0.3, -0.25) is 14.4 Å². The SMILES string of the molecule is CCc1cccc(NC(=O)COC(=O)CCC(=O)c2cc(C)ccc2C)c1. The molecule has 0 unspecified atom stereocenters. The Hall–Kier alpha value is -2.95. The molecule has 2 aromatic rings. The average Bonchev–Trinajstić information content (AvgIpc) is 2.66. The first-order valence-electron chi connectivity index (χ1n) is 9.04. The monoisotopic (exact) mass is 367 g/mol. The molecule has 142 valence electrons. The Morgan fingerprint density at radius 2 is 1.78 bits per heavy atom. The smallest absolute Gasteiger partial charge is 0.306 e. The lowest BCUT2D eigenvalue weighted by Gasteiger charge is -2.08. The number of amides is 1. The molecule has 5 heteroatoms. The third-order valence-corrected chi connectivity index (χ3v) is 4.23. The molecule has 0 aliphatic heterocycles. The van der Waals surface area contributed by atoms with Gasteiger partial charge in [0, 0.05) is 17.7 Å². The molecule has 0 atom stereocenters. The third kappa shape index (κ3) is 6.37. The zero-order chi connectivity index (χ0) is 19.8. The predicted molar refractivity (Wildman–Crippen MR) is 105 cm³/mol. The van der Waals surface area contributed by atoms with Crippen LogP contribution in [0.5, 0.6) is 0 Å². The largest absolute Gasteiger partial charge is 0.456 e. The maximum Gasteiger partial charge on any atom is 0.306 e. The Bertz CT molecular complexity index is 842. The van der Waals surface area contributed by atoms with Gasteiger partial charge in [0.15, 0.2) is 12.4 Å². The van der Waals surface area contributed by atoms with Crippen molar-refractivity contribution in [1.82, 2.24) is 0 Å². The number of Topliss-reactive ketones (excluding diaryl/α,β-unsaturated/α-hetero) is 1. The lowest BCUT2D eigenvalue weighted by Crippen LogP contribution is -2.21. The summed E-state index contributed by atoms with van der Waals surface area (Å²) in [4.78, 5) is 36.0. The van der Waals surface area contributed by atoms with Crippen LogP contribution in [0.15, 0.2) is 42.5 Å². The summed E-state index contributed by atoms with van der Waals surface area (Å²) in [5.41, 5.74) is 4.27. The van der Waals surface area contributed by atoms with Gasteiger partial charge in [-0.2, -0.15) is 0 Å². The molecule has 0 aliphatic carbocycles. The Morgan fingerprint density at radius 3 is 2.52 bits per heavy atom. The molecule has 1 N–H and O–H groups in total. The zero-order valence-corrected chi connectivity index (χ0v) is 16.0. The minimum Gasteiger partial charge on any atom is -0.456 e. The molecule has 0 fully saturated rings. The first-order chi connectivity index (χ1) is 12.9. The van der Waals surface area contributed by atoms with Gasteiger partial charge in [-0.05, 0) is 49.6 Å². The van der Waals surface area contributed by atoms with Crippen LogP contribution in [0.3, 0.4) is 0 Å². The fourth-order valence-electron chi connectivity index (χ4n) is 2.67. The number of aryl methyl sites for hydroxylation is 3. The fourth-order valence-corrected chi connectivity index (χ4v) is 2.67. The van der Waals surface area contributed by atoms with Gasteiger partial charge in [0.25, 0.3) is 5.91 Å². The van der Waals surface area contributed by atoms with Crippen LogP contribution in [-0.2, 0) is 20.7 Å². The number of nitrogens with one attached hydrogen (secondary N) is 1. The van der Waals surface area contributed by atoms with Gasteiger partial charge in [-0.25, -0.2) is 0 Å². The Kier molecular flexibility index (Phi) is 7.29. The minimum atomic E-state index is -0.564. The van der Waals surface area contributed by atoms with E-state index in [2.05, 4.69) is 5.32 Å². The van der Waals surface area contributed by atoms with E-state index in [1.165, 1.54) is 0 Å². The van der Waals surface area contributed by atoms with E-state index in [0.29, 0.717) is 11.3 Å². The molecule has 0 aromatic heterocycles. The number of ketones is 1. The van der Waals surface area contributed by atoms with Crippen molar-refractivity contribution in [2.45, 2.75) is 40.0 Å². The summed E-state index contributed by atoms with van der Waals surface area (Å²) in [6, 6.07) is 13.1. The number of hydrogen-bond acceptors (Lipinski definition) is 4. The van der Waals surface area contributed by atoms with Crippen molar-refractivity contribution in [3.05, 3.63) is 64.7 Å².